The number of carbonyl (C=O) groups is 1. The van der Waals surface area contributed by atoms with Crippen molar-refractivity contribution in [2.75, 3.05) is 24.2 Å². The van der Waals surface area contributed by atoms with E-state index in [0.717, 1.165) is 6.42 Å². The maximum Gasteiger partial charge on any atom is 0.242 e. The summed E-state index contributed by atoms with van der Waals surface area (Å²) in [6, 6.07) is 6.92. The van der Waals surface area contributed by atoms with Crippen molar-refractivity contribution in [1.82, 2.24) is 0 Å². The van der Waals surface area contributed by atoms with Gasteiger partial charge in [0.1, 0.15) is 17.6 Å². The SMILES string of the molecule is NCCOc1ccccc1NC(=O)C1CCCCS1(=O)=O. The summed E-state index contributed by atoms with van der Waals surface area (Å²) in [6.07, 6.45) is 1.75. The van der Waals surface area contributed by atoms with Crippen LogP contribution in [0.1, 0.15) is 19.3 Å². The van der Waals surface area contributed by atoms with Gasteiger partial charge in [-0.15, -0.1) is 0 Å². The Hall–Kier alpha value is -1.60. The molecule has 1 saturated heterocycles. The molecule has 1 aliphatic heterocycles. The minimum absolute atomic E-state index is 0.0798. The predicted molar refractivity (Wildman–Crippen MR) is 81.0 cm³/mol. The summed E-state index contributed by atoms with van der Waals surface area (Å²) < 4.78 is 29.4. The monoisotopic (exact) mass is 312 g/mol. The van der Waals surface area contributed by atoms with Gasteiger partial charge in [-0.1, -0.05) is 18.6 Å². The van der Waals surface area contributed by atoms with Crippen molar-refractivity contribution >= 4 is 21.4 Å². The fraction of sp³-hybridized carbons (Fsp3) is 0.500. The fourth-order valence-corrected chi connectivity index (χ4v) is 4.13. The normalized spacial score (nSPS) is 20.7. The molecule has 116 valence electrons. The Kier molecular flexibility index (Phi) is 5.19. The van der Waals surface area contributed by atoms with Crippen molar-refractivity contribution in [2.45, 2.75) is 24.5 Å². The highest BCUT2D eigenvalue weighted by molar-refractivity contribution is 7.92. The number of amides is 1. The van der Waals surface area contributed by atoms with Gasteiger partial charge in [-0.3, -0.25) is 4.79 Å². The van der Waals surface area contributed by atoms with Crippen molar-refractivity contribution in [3.63, 3.8) is 0 Å². The molecule has 1 aromatic rings. The zero-order valence-electron chi connectivity index (χ0n) is 11.7. The van der Waals surface area contributed by atoms with Crippen LogP contribution in [-0.2, 0) is 14.6 Å². The minimum Gasteiger partial charge on any atom is -0.490 e. The van der Waals surface area contributed by atoms with Crippen LogP contribution in [0.5, 0.6) is 5.75 Å². The molecule has 1 atom stereocenters. The van der Waals surface area contributed by atoms with Gasteiger partial charge in [0.15, 0.2) is 9.84 Å². The summed E-state index contributed by atoms with van der Waals surface area (Å²) in [5, 5.41) is 1.70. The molecular weight excluding hydrogens is 292 g/mol. The average molecular weight is 312 g/mol. The van der Waals surface area contributed by atoms with Gasteiger partial charge >= 0.3 is 0 Å². The lowest BCUT2D eigenvalue weighted by Gasteiger charge is -2.22. The van der Waals surface area contributed by atoms with Gasteiger partial charge in [0.05, 0.1) is 11.4 Å². The van der Waals surface area contributed by atoms with Crippen LogP contribution in [0.2, 0.25) is 0 Å². The number of benzene rings is 1. The molecule has 7 heteroatoms. The molecule has 0 saturated carbocycles. The minimum atomic E-state index is -3.35. The van der Waals surface area contributed by atoms with Crippen LogP contribution >= 0.6 is 0 Å². The van der Waals surface area contributed by atoms with E-state index < -0.39 is 21.0 Å². The topological polar surface area (TPSA) is 98.5 Å². The molecule has 1 fully saturated rings. The van der Waals surface area contributed by atoms with Crippen LogP contribution in [-0.4, -0.2) is 38.5 Å². The molecule has 0 aliphatic carbocycles. The Bertz CT molecular complexity index is 601. The quantitative estimate of drug-likeness (QED) is 0.843. The van der Waals surface area contributed by atoms with Crippen LogP contribution in [0.15, 0.2) is 24.3 Å². The van der Waals surface area contributed by atoms with Crippen molar-refractivity contribution < 1.29 is 17.9 Å². The summed E-state index contributed by atoms with van der Waals surface area (Å²) >= 11 is 0. The molecule has 0 spiro atoms. The number of hydrogen-bond acceptors (Lipinski definition) is 5. The third-order valence-electron chi connectivity index (χ3n) is 3.39. The summed E-state index contributed by atoms with van der Waals surface area (Å²) in [5.74, 6) is 0.0826. The van der Waals surface area contributed by atoms with Gasteiger partial charge in [0.25, 0.3) is 0 Å². The zero-order valence-corrected chi connectivity index (χ0v) is 12.6. The Morgan fingerprint density at radius 2 is 2.10 bits per heavy atom. The zero-order chi connectivity index (χ0) is 15.3. The predicted octanol–water partition coefficient (Wildman–Crippen LogP) is 0.930. The van der Waals surface area contributed by atoms with E-state index in [1.54, 1.807) is 24.3 Å². The molecule has 0 radical (unpaired) electrons. The third-order valence-corrected chi connectivity index (χ3v) is 5.57. The van der Waals surface area contributed by atoms with E-state index in [1.807, 2.05) is 0 Å². The Morgan fingerprint density at radius 3 is 2.81 bits per heavy atom. The molecule has 2 rings (SSSR count). The standard InChI is InChI=1S/C14H20N2O4S/c15-8-9-20-12-6-2-1-5-11(12)16-14(17)13-7-3-4-10-21(13,18)19/h1-2,5-6,13H,3-4,7-10,15H2,(H,16,17). The molecule has 21 heavy (non-hydrogen) atoms. The molecule has 3 N–H and O–H groups in total. The largest absolute Gasteiger partial charge is 0.490 e. The van der Waals surface area contributed by atoms with E-state index in [2.05, 4.69) is 5.32 Å². The number of sulfone groups is 1. The number of nitrogens with one attached hydrogen (secondary N) is 1. The Labute approximate surface area is 124 Å². The smallest absolute Gasteiger partial charge is 0.242 e. The first-order valence-electron chi connectivity index (χ1n) is 6.99. The van der Waals surface area contributed by atoms with Gasteiger partial charge < -0.3 is 15.8 Å². The summed E-state index contributed by atoms with van der Waals surface area (Å²) in [7, 11) is -3.35. The number of hydrogen-bond donors (Lipinski definition) is 2. The first-order valence-corrected chi connectivity index (χ1v) is 8.70. The number of carbonyl (C=O) groups excluding carboxylic acids is 1. The molecule has 0 aromatic heterocycles. The van der Waals surface area contributed by atoms with E-state index in [9.17, 15) is 13.2 Å². The van der Waals surface area contributed by atoms with Crippen LogP contribution in [0.3, 0.4) is 0 Å². The van der Waals surface area contributed by atoms with Gasteiger partial charge in [-0.2, -0.15) is 0 Å². The number of para-hydroxylation sites is 2. The van der Waals surface area contributed by atoms with Gasteiger partial charge in [-0.25, -0.2) is 8.42 Å². The van der Waals surface area contributed by atoms with Crippen LogP contribution in [0.4, 0.5) is 5.69 Å². The number of anilines is 1. The average Bonchev–Trinajstić information content (AvgIpc) is 2.45. The van der Waals surface area contributed by atoms with E-state index >= 15 is 0 Å². The van der Waals surface area contributed by atoms with Crippen LogP contribution in [0, 0.1) is 0 Å². The maximum atomic E-state index is 12.2. The maximum absolute atomic E-state index is 12.2. The first kappa shape index (κ1) is 15.8. The molecule has 1 aliphatic rings. The lowest BCUT2D eigenvalue weighted by Crippen LogP contribution is -2.39. The van der Waals surface area contributed by atoms with Crippen molar-refractivity contribution in [3.8, 4) is 5.75 Å². The highest BCUT2D eigenvalue weighted by Gasteiger charge is 2.35. The number of ether oxygens (including phenoxy) is 1. The first-order chi connectivity index (χ1) is 10.0. The fourth-order valence-electron chi connectivity index (χ4n) is 2.33. The van der Waals surface area contributed by atoms with E-state index in [4.69, 9.17) is 10.5 Å². The molecule has 6 nitrogen and oxygen atoms in total. The molecule has 1 amide bonds. The lowest BCUT2D eigenvalue weighted by molar-refractivity contribution is -0.116. The van der Waals surface area contributed by atoms with E-state index in [0.29, 0.717) is 37.4 Å². The van der Waals surface area contributed by atoms with E-state index in [-0.39, 0.29) is 5.75 Å². The highest BCUT2D eigenvalue weighted by Crippen LogP contribution is 2.26. The van der Waals surface area contributed by atoms with Gasteiger partial charge in [0.2, 0.25) is 5.91 Å². The number of nitrogens with two attached hydrogens (primary N) is 1. The van der Waals surface area contributed by atoms with Gasteiger partial charge in [-0.05, 0) is 25.0 Å². The second-order valence-corrected chi connectivity index (χ2v) is 7.28. The third kappa shape index (κ3) is 3.95. The highest BCUT2D eigenvalue weighted by atomic mass is 32.2. The van der Waals surface area contributed by atoms with Gasteiger partial charge in [0, 0.05) is 6.54 Å². The van der Waals surface area contributed by atoms with E-state index in [1.165, 1.54) is 0 Å². The molecule has 1 unspecified atom stereocenters. The van der Waals surface area contributed by atoms with Crippen LogP contribution < -0.4 is 15.8 Å². The molecule has 0 bridgehead atoms. The molecule has 1 heterocycles. The van der Waals surface area contributed by atoms with Crippen LogP contribution in [0.25, 0.3) is 0 Å². The van der Waals surface area contributed by atoms with Crippen molar-refractivity contribution in [3.05, 3.63) is 24.3 Å². The second-order valence-electron chi connectivity index (χ2n) is 4.97. The van der Waals surface area contributed by atoms with Crippen molar-refractivity contribution in [2.24, 2.45) is 5.73 Å². The van der Waals surface area contributed by atoms with Crippen molar-refractivity contribution in [1.29, 1.82) is 0 Å². The molecule has 1 aromatic carbocycles. The number of rotatable bonds is 5. The Balaban J connectivity index is 2.12. The lowest BCUT2D eigenvalue weighted by atomic mass is 10.1. The summed E-state index contributed by atoms with van der Waals surface area (Å²) in [5.41, 5.74) is 5.86. The second kappa shape index (κ2) is 6.91. The Morgan fingerprint density at radius 1 is 1.33 bits per heavy atom. The molecular formula is C14H20N2O4S. The summed E-state index contributed by atoms with van der Waals surface area (Å²) in [6.45, 7) is 0.688. The summed E-state index contributed by atoms with van der Waals surface area (Å²) in [4.78, 5) is 12.2.